The Hall–Kier alpha value is -2.24. The summed E-state index contributed by atoms with van der Waals surface area (Å²) < 4.78 is 32.2. The Morgan fingerprint density at radius 2 is 2.22 bits per heavy atom. The van der Waals surface area contributed by atoms with E-state index < -0.39 is 17.6 Å². The van der Waals surface area contributed by atoms with E-state index in [2.05, 4.69) is 5.10 Å². The summed E-state index contributed by atoms with van der Waals surface area (Å²) >= 11 is 0. The highest BCUT2D eigenvalue weighted by Crippen LogP contribution is 2.14. The van der Waals surface area contributed by atoms with E-state index in [0.717, 1.165) is 16.8 Å². The van der Waals surface area contributed by atoms with Gasteiger partial charge in [0.1, 0.15) is 11.5 Å². The average molecular weight is 252 g/mol. The van der Waals surface area contributed by atoms with Crippen LogP contribution < -0.4 is 0 Å². The fourth-order valence-electron chi connectivity index (χ4n) is 1.44. The molecule has 0 atom stereocenters. The van der Waals surface area contributed by atoms with Gasteiger partial charge in [-0.2, -0.15) is 5.10 Å². The van der Waals surface area contributed by atoms with Gasteiger partial charge in [0.15, 0.2) is 5.82 Å². The summed E-state index contributed by atoms with van der Waals surface area (Å²) in [6.07, 6.45) is 2.59. The van der Waals surface area contributed by atoms with Crippen molar-refractivity contribution in [2.45, 2.75) is 6.92 Å². The predicted molar refractivity (Wildman–Crippen MR) is 59.4 cm³/mol. The van der Waals surface area contributed by atoms with Gasteiger partial charge in [0.2, 0.25) is 0 Å². The molecule has 0 aliphatic rings. The quantitative estimate of drug-likeness (QED) is 0.787. The number of carbonyl (C=O) groups is 1. The molecular formula is C12H10F2N2O2. The molecule has 0 saturated heterocycles. The first kappa shape index (κ1) is 12.2. The highest BCUT2D eigenvalue weighted by molar-refractivity contribution is 5.88. The van der Waals surface area contributed by atoms with Crippen molar-refractivity contribution in [3.05, 3.63) is 47.8 Å². The van der Waals surface area contributed by atoms with Crippen LogP contribution in [0.4, 0.5) is 8.78 Å². The number of hydrogen-bond donors (Lipinski definition) is 0. The average Bonchev–Trinajstić information content (AvgIpc) is 2.78. The fourth-order valence-corrected chi connectivity index (χ4v) is 1.44. The molecule has 2 rings (SSSR count). The molecule has 2 aromatic rings. The Bertz CT molecular complexity index is 581. The lowest BCUT2D eigenvalue weighted by molar-refractivity contribution is 0.0526. The molecule has 4 nitrogen and oxygen atoms in total. The minimum Gasteiger partial charge on any atom is -0.462 e. The molecule has 6 heteroatoms. The number of rotatable bonds is 3. The second-order valence-corrected chi connectivity index (χ2v) is 3.49. The Morgan fingerprint density at radius 1 is 1.44 bits per heavy atom. The second kappa shape index (κ2) is 4.95. The van der Waals surface area contributed by atoms with Gasteiger partial charge in [-0.15, -0.1) is 0 Å². The van der Waals surface area contributed by atoms with Gasteiger partial charge in [-0.3, -0.25) is 0 Å². The van der Waals surface area contributed by atoms with Crippen molar-refractivity contribution in [1.82, 2.24) is 9.78 Å². The van der Waals surface area contributed by atoms with Crippen LogP contribution in [0.1, 0.15) is 17.3 Å². The van der Waals surface area contributed by atoms with E-state index in [1.165, 1.54) is 18.5 Å². The number of ether oxygens (including phenoxy) is 1. The topological polar surface area (TPSA) is 44.1 Å². The van der Waals surface area contributed by atoms with Crippen LogP contribution >= 0.6 is 0 Å². The van der Waals surface area contributed by atoms with Crippen molar-refractivity contribution in [1.29, 1.82) is 0 Å². The number of hydrogen-bond acceptors (Lipinski definition) is 3. The van der Waals surface area contributed by atoms with Crippen LogP contribution in [0.5, 0.6) is 0 Å². The first-order valence-corrected chi connectivity index (χ1v) is 5.29. The standard InChI is InChI=1S/C12H10F2N2O2/c1-2-18-12(17)8-6-15-16(7-8)11-4-3-9(13)5-10(11)14/h3-7H,2H2,1H3. The molecule has 1 aromatic heterocycles. The number of carbonyl (C=O) groups excluding carboxylic acids is 1. The molecule has 94 valence electrons. The number of nitrogens with zero attached hydrogens (tertiary/aromatic N) is 2. The normalized spacial score (nSPS) is 10.4. The van der Waals surface area contributed by atoms with Crippen molar-refractivity contribution < 1.29 is 18.3 Å². The SMILES string of the molecule is CCOC(=O)c1cnn(-c2ccc(F)cc2F)c1. The number of benzene rings is 1. The molecule has 0 aliphatic carbocycles. The Kier molecular flexibility index (Phi) is 3.36. The molecular weight excluding hydrogens is 242 g/mol. The van der Waals surface area contributed by atoms with E-state index in [1.54, 1.807) is 6.92 Å². The van der Waals surface area contributed by atoms with Gasteiger partial charge in [-0.1, -0.05) is 0 Å². The summed E-state index contributed by atoms with van der Waals surface area (Å²) in [4.78, 5) is 11.4. The summed E-state index contributed by atoms with van der Waals surface area (Å²) in [5.41, 5.74) is 0.271. The van der Waals surface area contributed by atoms with Crippen LogP contribution in [0.15, 0.2) is 30.6 Å². The molecule has 0 radical (unpaired) electrons. The zero-order valence-corrected chi connectivity index (χ0v) is 9.56. The van der Waals surface area contributed by atoms with Crippen LogP contribution in [0.3, 0.4) is 0 Å². The molecule has 0 amide bonds. The Balaban J connectivity index is 2.32. The van der Waals surface area contributed by atoms with E-state index >= 15 is 0 Å². The number of esters is 1. The smallest absolute Gasteiger partial charge is 0.341 e. The zero-order chi connectivity index (χ0) is 13.1. The van der Waals surface area contributed by atoms with Crippen LogP contribution in [-0.2, 0) is 4.74 Å². The van der Waals surface area contributed by atoms with Crippen molar-refractivity contribution >= 4 is 5.97 Å². The van der Waals surface area contributed by atoms with E-state index in [-0.39, 0.29) is 17.9 Å². The van der Waals surface area contributed by atoms with Crippen LogP contribution in [0, 0.1) is 11.6 Å². The lowest BCUT2D eigenvalue weighted by Gasteiger charge is -2.02. The first-order chi connectivity index (χ1) is 8.61. The predicted octanol–water partition coefficient (Wildman–Crippen LogP) is 2.33. The monoisotopic (exact) mass is 252 g/mol. The maximum Gasteiger partial charge on any atom is 0.341 e. The van der Waals surface area contributed by atoms with Crippen molar-refractivity contribution in [3.63, 3.8) is 0 Å². The van der Waals surface area contributed by atoms with E-state index in [9.17, 15) is 13.6 Å². The second-order valence-electron chi connectivity index (χ2n) is 3.49. The molecule has 0 spiro atoms. The molecule has 0 fully saturated rings. The third-order valence-electron chi connectivity index (χ3n) is 2.25. The lowest BCUT2D eigenvalue weighted by Crippen LogP contribution is -2.03. The summed E-state index contributed by atoms with van der Waals surface area (Å²) in [7, 11) is 0. The number of halogens is 2. The highest BCUT2D eigenvalue weighted by Gasteiger charge is 2.12. The summed E-state index contributed by atoms with van der Waals surface area (Å²) in [6, 6.07) is 3.11. The summed E-state index contributed by atoms with van der Waals surface area (Å²) in [5.74, 6) is -1.96. The Morgan fingerprint density at radius 3 is 2.89 bits per heavy atom. The molecule has 0 aliphatic heterocycles. The molecule has 1 heterocycles. The van der Waals surface area contributed by atoms with Crippen molar-refractivity contribution in [2.75, 3.05) is 6.61 Å². The largest absolute Gasteiger partial charge is 0.462 e. The third kappa shape index (κ3) is 2.37. The van der Waals surface area contributed by atoms with E-state index in [0.29, 0.717) is 0 Å². The van der Waals surface area contributed by atoms with Gasteiger partial charge in [0, 0.05) is 12.3 Å². The molecule has 0 unspecified atom stereocenters. The van der Waals surface area contributed by atoms with Gasteiger partial charge in [-0.25, -0.2) is 18.3 Å². The fraction of sp³-hybridized carbons (Fsp3) is 0.167. The van der Waals surface area contributed by atoms with E-state index in [4.69, 9.17) is 4.74 Å². The summed E-state index contributed by atoms with van der Waals surface area (Å²) in [6.45, 7) is 1.93. The van der Waals surface area contributed by atoms with Gasteiger partial charge < -0.3 is 4.74 Å². The van der Waals surface area contributed by atoms with Crippen molar-refractivity contribution in [3.8, 4) is 5.69 Å². The maximum atomic E-state index is 13.5. The minimum atomic E-state index is -0.756. The Labute approximate surface area is 102 Å². The molecule has 0 bridgehead atoms. The summed E-state index contributed by atoms with van der Waals surface area (Å²) in [5, 5.41) is 3.83. The number of aromatic nitrogens is 2. The molecule has 18 heavy (non-hydrogen) atoms. The maximum absolute atomic E-state index is 13.5. The van der Waals surface area contributed by atoms with Crippen molar-refractivity contribution in [2.24, 2.45) is 0 Å². The molecule has 1 aromatic carbocycles. The first-order valence-electron chi connectivity index (χ1n) is 5.29. The highest BCUT2D eigenvalue weighted by atomic mass is 19.1. The van der Waals surface area contributed by atoms with Gasteiger partial charge in [0.25, 0.3) is 0 Å². The van der Waals surface area contributed by atoms with Crippen LogP contribution in [0.25, 0.3) is 5.69 Å². The van der Waals surface area contributed by atoms with Crippen LogP contribution in [0.2, 0.25) is 0 Å². The minimum absolute atomic E-state index is 0.0620. The van der Waals surface area contributed by atoms with Gasteiger partial charge in [0.05, 0.1) is 18.4 Å². The van der Waals surface area contributed by atoms with E-state index in [1.807, 2.05) is 0 Å². The molecule has 0 N–H and O–H groups in total. The van der Waals surface area contributed by atoms with Crippen LogP contribution in [-0.4, -0.2) is 22.4 Å². The third-order valence-corrected chi connectivity index (χ3v) is 2.25. The molecule has 0 saturated carbocycles. The lowest BCUT2D eigenvalue weighted by atomic mass is 10.3. The van der Waals surface area contributed by atoms with Gasteiger partial charge >= 0.3 is 5.97 Å². The van der Waals surface area contributed by atoms with Gasteiger partial charge in [-0.05, 0) is 19.1 Å². The zero-order valence-electron chi connectivity index (χ0n) is 9.56.